The van der Waals surface area contributed by atoms with E-state index in [2.05, 4.69) is 10.6 Å². The minimum atomic E-state index is -0.794. The zero-order valence-electron chi connectivity index (χ0n) is 18.7. The number of amides is 3. The Morgan fingerprint density at radius 2 is 1.87 bits per heavy atom. The molecule has 0 unspecified atom stereocenters. The summed E-state index contributed by atoms with van der Waals surface area (Å²) in [5.41, 5.74) is -0.0933. The van der Waals surface area contributed by atoms with Crippen molar-refractivity contribution in [1.82, 2.24) is 15.5 Å². The normalized spacial score (nSPS) is 15.6. The quantitative estimate of drug-likeness (QED) is 0.553. The number of carbonyl (C=O) groups excluding carboxylic acids is 3. The van der Waals surface area contributed by atoms with Crippen LogP contribution in [-0.4, -0.2) is 62.0 Å². The van der Waals surface area contributed by atoms with E-state index < -0.39 is 17.8 Å². The van der Waals surface area contributed by atoms with Gasteiger partial charge in [-0.15, -0.1) is 0 Å². The molecule has 31 heavy (non-hydrogen) atoms. The zero-order valence-corrected chi connectivity index (χ0v) is 18.7. The third-order valence-corrected chi connectivity index (χ3v) is 5.46. The van der Waals surface area contributed by atoms with E-state index in [9.17, 15) is 18.8 Å². The molecule has 1 saturated heterocycles. The van der Waals surface area contributed by atoms with E-state index in [0.29, 0.717) is 51.9 Å². The molecular weight excluding hydrogens is 401 g/mol. The number of halogens is 1. The van der Waals surface area contributed by atoms with Crippen LogP contribution in [0.4, 0.5) is 4.39 Å². The maximum atomic E-state index is 14.0. The fourth-order valence-corrected chi connectivity index (χ4v) is 3.76. The molecule has 0 bridgehead atoms. The molecule has 8 heteroatoms. The number of hydrogen-bond donors (Lipinski definition) is 2. The number of ether oxygens (including phenoxy) is 1. The Kier molecular flexibility index (Phi) is 9.91. The molecule has 1 aliphatic rings. The lowest BCUT2D eigenvalue weighted by atomic mass is 9.88. The highest BCUT2D eigenvalue weighted by atomic mass is 19.1. The average molecular weight is 436 g/mol. The zero-order chi connectivity index (χ0) is 22.8. The van der Waals surface area contributed by atoms with Crippen LogP contribution in [0.1, 0.15) is 49.9 Å². The third kappa shape index (κ3) is 7.61. The lowest BCUT2D eigenvalue weighted by Gasteiger charge is -2.36. The van der Waals surface area contributed by atoms with Gasteiger partial charge in [0.25, 0.3) is 5.91 Å². The van der Waals surface area contributed by atoms with Crippen molar-refractivity contribution in [2.75, 3.05) is 33.4 Å². The smallest absolute Gasteiger partial charge is 0.254 e. The largest absolute Gasteiger partial charge is 0.385 e. The van der Waals surface area contributed by atoms with Gasteiger partial charge in [-0.25, -0.2) is 4.39 Å². The SMILES string of the molecule is COCCCNC(=O)[C@H](NC(=O)c1ccccc1F)C1CCN(C(=O)CC(C)C)CC1. The van der Waals surface area contributed by atoms with E-state index in [0.717, 1.165) is 0 Å². The molecule has 2 rings (SSSR count). The number of carbonyl (C=O) groups is 3. The summed E-state index contributed by atoms with van der Waals surface area (Å²) in [7, 11) is 1.59. The molecule has 0 aliphatic carbocycles. The first-order chi connectivity index (χ1) is 14.8. The number of hydrogen-bond acceptors (Lipinski definition) is 4. The van der Waals surface area contributed by atoms with Gasteiger partial charge < -0.3 is 20.3 Å². The average Bonchev–Trinajstić information content (AvgIpc) is 2.74. The first-order valence-corrected chi connectivity index (χ1v) is 10.9. The first-order valence-electron chi connectivity index (χ1n) is 10.9. The predicted octanol–water partition coefficient (Wildman–Crippen LogP) is 2.36. The molecule has 1 aromatic carbocycles. The van der Waals surface area contributed by atoms with Gasteiger partial charge in [-0.05, 0) is 43.2 Å². The van der Waals surface area contributed by atoms with Gasteiger partial charge in [0.15, 0.2) is 0 Å². The summed E-state index contributed by atoms with van der Waals surface area (Å²) in [6.07, 6.45) is 2.34. The molecule has 0 spiro atoms. The Bertz CT molecular complexity index is 748. The molecule has 3 amide bonds. The second-order valence-corrected chi connectivity index (χ2v) is 8.38. The van der Waals surface area contributed by atoms with E-state index >= 15 is 0 Å². The van der Waals surface area contributed by atoms with Gasteiger partial charge in [-0.2, -0.15) is 0 Å². The maximum absolute atomic E-state index is 14.0. The Morgan fingerprint density at radius 1 is 1.19 bits per heavy atom. The van der Waals surface area contributed by atoms with Crippen LogP contribution in [-0.2, 0) is 14.3 Å². The Labute approximate surface area is 183 Å². The summed E-state index contributed by atoms with van der Waals surface area (Å²) in [5, 5.41) is 5.57. The van der Waals surface area contributed by atoms with E-state index in [-0.39, 0.29) is 29.2 Å². The molecule has 7 nitrogen and oxygen atoms in total. The molecule has 0 aromatic heterocycles. The van der Waals surface area contributed by atoms with Crippen molar-refractivity contribution in [1.29, 1.82) is 0 Å². The van der Waals surface area contributed by atoms with Gasteiger partial charge in [0.1, 0.15) is 11.9 Å². The molecular formula is C23H34FN3O4. The van der Waals surface area contributed by atoms with E-state index in [1.807, 2.05) is 18.7 Å². The summed E-state index contributed by atoms with van der Waals surface area (Å²) in [6.45, 7) is 6.03. The molecule has 1 fully saturated rings. The topological polar surface area (TPSA) is 87.7 Å². The third-order valence-electron chi connectivity index (χ3n) is 5.46. The van der Waals surface area contributed by atoms with Crippen LogP contribution in [0.15, 0.2) is 24.3 Å². The van der Waals surface area contributed by atoms with Crippen LogP contribution in [0.3, 0.4) is 0 Å². The van der Waals surface area contributed by atoms with Crippen LogP contribution in [0, 0.1) is 17.7 Å². The Hall–Kier alpha value is -2.48. The number of methoxy groups -OCH3 is 1. The monoisotopic (exact) mass is 435 g/mol. The fourth-order valence-electron chi connectivity index (χ4n) is 3.76. The second kappa shape index (κ2) is 12.4. The van der Waals surface area contributed by atoms with Gasteiger partial charge in [0.05, 0.1) is 5.56 Å². The number of likely N-dealkylation sites (tertiary alicyclic amines) is 1. The highest BCUT2D eigenvalue weighted by Crippen LogP contribution is 2.23. The second-order valence-electron chi connectivity index (χ2n) is 8.38. The van der Waals surface area contributed by atoms with Crippen LogP contribution in [0.25, 0.3) is 0 Å². The van der Waals surface area contributed by atoms with E-state index in [4.69, 9.17) is 4.74 Å². The van der Waals surface area contributed by atoms with Crippen molar-refractivity contribution < 1.29 is 23.5 Å². The number of piperidine rings is 1. The van der Waals surface area contributed by atoms with Crippen molar-refractivity contribution in [2.45, 2.75) is 45.6 Å². The van der Waals surface area contributed by atoms with Crippen LogP contribution >= 0.6 is 0 Å². The van der Waals surface area contributed by atoms with Crippen LogP contribution in [0.5, 0.6) is 0 Å². The molecule has 0 saturated carbocycles. The highest BCUT2D eigenvalue weighted by Gasteiger charge is 2.34. The van der Waals surface area contributed by atoms with Crippen molar-refractivity contribution in [3.8, 4) is 0 Å². The minimum Gasteiger partial charge on any atom is -0.385 e. The highest BCUT2D eigenvalue weighted by molar-refractivity contribution is 5.97. The standard InChI is InChI=1S/C23H34FN3O4/c1-16(2)15-20(28)27-12-9-17(10-13-27)21(23(30)25-11-6-14-31-3)26-22(29)18-7-4-5-8-19(18)24/h4-5,7-8,16-17,21H,6,9-15H2,1-3H3,(H,25,30)(H,26,29)/t21-/m1/s1. The maximum Gasteiger partial charge on any atom is 0.254 e. The van der Waals surface area contributed by atoms with Crippen molar-refractivity contribution in [2.24, 2.45) is 11.8 Å². The summed E-state index contributed by atoms with van der Waals surface area (Å²) in [6, 6.07) is 4.91. The van der Waals surface area contributed by atoms with Crippen LogP contribution < -0.4 is 10.6 Å². The number of nitrogens with one attached hydrogen (secondary N) is 2. The molecule has 2 N–H and O–H groups in total. The van der Waals surface area contributed by atoms with Crippen molar-refractivity contribution in [3.63, 3.8) is 0 Å². The number of benzene rings is 1. The van der Waals surface area contributed by atoms with Gasteiger partial charge in [0.2, 0.25) is 11.8 Å². The summed E-state index contributed by atoms with van der Waals surface area (Å²) >= 11 is 0. The lowest BCUT2D eigenvalue weighted by Crippen LogP contribution is -2.54. The molecule has 1 aromatic rings. The molecule has 0 radical (unpaired) electrons. The van der Waals surface area contributed by atoms with Gasteiger partial charge in [-0.1, -0.05) is 26.0 Å². The molecule has 1 aliphatic heterocycles. The Balaban J connectivity index is 2.05. The molecule has 1 atom stereocenters. The summed E-state index contributed by atoms with van der Waals surface area (Å²) in [5.74, 6) is -1.28. The van der Waals surface area contributed by atoms with Gasteiger partial charge >= 0.3 is 0 Å². The number of nitrogens with zero attached hydrogens (tertiary/aromatic N) is 1. The van der Waals surface area contributed by atoms with Crippen LogP contribution in [0.2, 0.25) is 0 Å². The lowest BCUT2D eigenvalue weighted by molar-refractivity contribution is -0.133. The minimum absolute atomic E-state index is 0.0933. The van der Waals surface area contributed by atoms with Crippen molar-refractivity contribution in [3.05, 3.63) is 35.6 Å². The predicted molar refractivity (Wildman–Crippen MR) is 116 cm³/mol. The number of rotatable bonds is 10. The van der Waals surface area contributed by atoms with E-state index in [1.54, 1.807) is 13.2 Å². The summed E-state index contributed by atoms with van der Waals surface area (Å²) in [4.78, 5) is 39.7. The van der Waals surface area contributed by atoms with Crippen molar-refractivity contribution >= 4 is 17.7 Å². The summed E-state index contributed by atoms with van der Waals surface area (Å²) < 4.78 is 19.0. The van der Waals surface area contributed by atoms with E-state index in [1.165, 1.54) is 18.2 Å². The van der Waals surface area contributed by atoms with Gasteiger partial charge in [-0.3, -0.25) is 14.4 Å². The first kappa shape index (κ1) is 24.8. The van der Waals surface area contributed by atoms with Gasteiger partial charge in [0, 0.05) is 39.8 Å². The fraction of sp³-hybridized carbons (Fsp3) is 0.609. The molecule has 172 valence electrons. The molecule has 1 heterocycles. The Morgan fingerprint density at radius 3 is 2.48 bits per heavy atom.